The van der Waals surface area contributed by atoms with Crippen molar-refractivity contribution in [2.24, 2.45) is 0 Å². The summed E-state index contributed by atoms with van der Waals surface area (Å²) in [6, 6.07) is 17.4. The minimum Gasteiger partial charge on any atom is -0.289 e. The van der Waals surface area contributed by atoms with E-state index in [1.54, 1.807) is 0 Å². The van der Waals surface area contributed by atoms with Crippen molar-refractivity contribution in [3.8, 4) is 11.1 Å². The topological polar surface area (TPSA) is 95.5 Å². The van der Waals surface area contributed by atoms with Gasteiger partial charge in [-0.2, -0.15) is 0 Å². The second-order valence-corrected chi connectivity index (χ2v) is 6.92. The molecule has 0 aliphatic heterocycles. The lowest BCUT2D eigenvalue weighted by molar-refractivity contribution is -0.128. The molecule has 0 spiro atoms. The number of carbonyl (C=O) groups excluding carboxylic acids is 1. The molecule has 0 bridgehead atoms. The third-order valence-corrected chi connectivity index (χ3v) is 4.58. The number of amides is 1. The van der Waals surface area contributed by atoms with Crippen molar-refractivity contribution in [3.63, 3.8) is 0 Å². The summed E-state index contributed by atoms with van der Waals surface area (Å²) in [6.07, 6.45) is -0.296. The van der Waals surface area contributed by atoms with E-state index >= 15 is 0 Å². The average Bonchev–Trinajstić information content (AvgIpc) is 2.59. The summed E-state index contributed by atoms with van der Waals surface area (Å²) >= 11 is 0. The summed E-state index contributed by atoms with van der Waals surface area (Å²) in [6.45, 7) is 0.143. The van der Waals surface area contributed by atoms with Gasteiger partial charge in [0.05, 0.1) is 5.75 Å². The van der Waals surface area contributed by atoms with Crippen LogP contribution in [0.3, 0.4) is 0 Å². The van der Waals surface area contributed by atoms with Gasteiger partial charge in [-0.25, -0.2) is 18.6 Å². The number of hydrogen-bond acceptors (Lipinski definition) is 4. The fraction of sp³-hybridized carbons (Fsp3) is 0.188. The van der Waals surface area contributed by atoms with E-state index in [0.717, 1.165) is 16.7 Å². The molecule has 0 radical (unpaired) electrons. The summed E-state index contributed by atoms with van der Waals surface area (Å²) < 4.78 is 26.1. The molecule has 0 aromatic heterocycles. The van der Waals surface area contributed by atoms with Gasteiger partial charge in [0, 0.05) is 13.0 Å². The van der Waals surface area contributed by atoms with Crippen molar-refractivity contribution in [3.05, 3.63) is 60.2 Å². The first-order chi connectivity index (χ1) is 11.0. The van der Waals surface area contributed by atoms with E-state index in [-0.39, 0.29) is 18.7 Å². The highest BCUT2D eigenvalue weighted by Crippen LogP contribution is 2.19. The number of hydroxylamine groups is 1. The molecule has 0 aliphatic rings. The van der Waals surface area contributed by atoms with Crippen LogP contribution in [0.25, 0.3) is 11.1 Å². The molecular formula is C16H18N2O4S. The standard InChI is InChI=1S/C16H18N2O4S/c19-16(18-20)9-10-23(21,22)17-12-13-5-4-8-15(11-13)14-6-2-1-3-7-14/h1-8,11,17,20H,9-10,12H2,(H,18,19). The van der Waals surface area contributed by atoms with Crippen LogP contribution >= 0.6 is 0 Å². The molecule has 0 unspecified atom stereocenters. The zero-order chi connectivity index (χ0) is 16.7. The summed E-state index contributed by atoms with van der Waals surface area (Å²) in [5.41, 5.74) is 4.28. The van der Waals surface area contributed by atoms with E-state index in [0.29, 0.717) is 0 Å². The third kappa shape index (κ3) is 5.48. The second-order valence-electron chi connectivity index (χ2n) is 4.99. The highest BCUT2D eigenvalue weighted by molar-refractivity contribution is 7.89. The summed E-state index contributed by atoms with van der Waals surface area (Å²) in [5, 5.41) is 8.36. The number of rotatable bonds is 7. The Balaban J connectivity index is 2.00. The lowest BCUT2D eigenvalue weighted by atomic mass is 10.0. The number of sulfonamides is 1. The first-order valence-corrected chi connectivity index (χ1v) is 8.70. The summed E-state index contributed by atoms with van der Waals surface area (Å²) in [4.78, 5) is 10.9. The van der Waals surface area contributed by atoms with Gasteiger partial charge in [0.1, 0.15) is 0 Å². The van der Waals surface area contributed by atoms with E-state index in [1.807, 2.05) is 54.6 Å². The van der Waals surface area contributed by atoms with Gasteiger partial charge in [0.15, 0.2) is 0 Å². The Morgan fingerprint density at radius 3 is 2.39 bits per heavy atom. The lowest BCUT2D eigenvalue weighted by Gasteiger charge is -2.08. The molecule has 23 heavy (non-hydrogen) atoms. The predicted molar refractivity (Wildman–Crippen MR) is 87.1 cm³/mol. The van der Waals surface area contributed by atoms with Gasteiger partial charge in [-0.05, 0) is 22.8 Å². The van der Waals surface area contributed by atoms with E-state index in [2.05, 4.69) is 4.72 Å². The van der Waals surface area contributed by atoms with Crippen LogP contribution in [0.5, 0.6) is 0 Å². The predicted octanol–water partition coefficient (Wildman–Crippen LogP) is 1.67. The van der Waals surface area contributed by atoms with Crippen LogP contribution in [0, 0.1) is 0 Å². The second kappa shape index (κ2) is 7.87. The molecule has 3 N–H and O–H groups in total. The molecule has 0 saturated heterocycles. The zero-order valence-electron chi connectivity index (χ0n) is 12.4. The zero-order valence-corrected chi connectivity index (χ0v) is 13.2. The molecular weight excluding hydrogens is 316 g/mol. The molecule has 0 atom stereocenters. The Bertz CT molecular complexity index is 761. The maximum absolute atomic E-state index is 11.8. The molecule has 2 aromatic carbocycles. The maximum Gasteiger partial charge on any atom is 0.244 e. The monoisotopic (exact) mass is 334 g/mol. The van der Waals surface area contributed by atoms with Crippen LogP contribution in [0.1, 0.15) is 12.0 Å². The Morgan fingerprint density at radius 2 is 1.70 bits per heavy atom. The van der Waals surface area contributed by atoms with Gasteiger partial charge < -0.3 is 0 Å². The highest BCUT2D eigenvalue weighted by atomic mass is 32.2. The number of carbonyl (C=O) groups is 1. The van der Waals surface area contributed by atoms with Crippen molar-refractivity contribution in [2.75, 3.05) is 5.75 Å². The van der Waals surface area contributed by atoms with Gasteiger partial charge in [-0.3, -0.25) is 10.0 Å². The summed E-state index contributed by atoms with van der Waals surface area (Å²) in [7, 11) is -3.58. The minimum atomic E-state index is -3.58. The van der Waals surface area contributed by atoms with Crippen LogP contribution in [0.15, 0.2) is 54.6 Å². The Labute approximate surface area is 135 Å². The molecule has 0 aliphatic carbocycles. The fourth-order valence-corrected chi connectivity index (χ4v) is 3.02. The molecule has 6 nitrogen and oxygen atoms in total. The molecule has 0 fully saturated rings. The Hall–Kier alpha value is -2.22. The van der Waals surface area contributed by atoms with Crippen molar-refractivity contribution in [1.29, 1.82) is 0 Å². The Kier molecular flexibility index (Phi) is 5.86. The van der Waals surface area contributed by atoms with E-state index < -0.39 is 15.9 Å². The maximum atomic E-state index is 11.8. The van der Waals surface area contributed by atoms with Gasteiger partial charge >= 0.3 is 0 Å². The Morgan fingerprint density at radius 1 is 1.00 bits per heavy atom. The number of hydrogen-bond donors (Lipinski definition) is 3. The van der Waals surface area contributed by atoms with Gasteiger partial charge in [-0.1, -0.05) is 48.5 Å². The van der Waals surface area contributed by atoms with Crippen LogP contribution < -0.4 is 10.2 Å². The normalized spacial score (nSPS) is 11.2. The molecule has 7 heteroatoms. The van der Waals surface area contributed by atoms with Crippen molar-refractivity contribution in [1.82, 2.24) is 10.2 Å². The van der Waals surface area contributed by atoms with Gasteiger partial charge in [-0.15, -0.1) is 0 Å². The molecule has 0 heterocycles. The largest absolute Gasteiger partial charge is 0.289 e. The number of benzene rings is 2. The first-order valence-electron chi connectivity index (χ1n) is 7.05. The highest BCUT2D eigenvalue weighted by Gasteiger charge is 2.12. The molecule has 1 amide bonds. The van der Waals surface area contributed by atoms with Crippen LogP contribution in [0.2, 0.25) is 0 Å². The summed E-state index contributed by atoms with van der Waals surface area (Å²) in [5.74, 6) is -1.11. The lowest BCUT2D eigenvalue weighted by Crippen LogP contribution is -2.29. The van der Waals surface area contributed by atoms with Crippen molar-refractivity contribution in [2.45, 2.75) is 13.0 Å². The quantitative estimate of drug-likeness (QED) is 0.530. The average molecular weight is 334 g/mol. The van der Waals surface area contributed by atoms with E-state index in [9.17, 15) is 13.2 Å². The molecule has 122 valence electrons. The minimum absolute atomic E-state index is 0.143. The molecule has 0 saturated carbocycles. The molecule has 2 rings (SSSR count). The van der Waals surface area contributed by atoms with Crippen LogP contribution in [-0.2, 0) is 21.4 Å². The van der Waals surface area contributed by atoms with Crippen LogP contribution in [0.4, 0.5) is 0 Å². The van der Waals surface area contributed by atoms with E-state index in [1.165, 1.54) is 5.48 Å². The third-order valence-electron chi connectivity index (χ3n) is 3.25. The van der Waals surface area contributed by atoms with Crippen molar-refractivity contribution < 1.29 is 18.4 Å². The van der Waals surface area contributed by atoms with Crippen molar-refractivity contribution >= 4 is 15.9 Å². The smallest absolute Gasteiger partial charge is 0.244 e. The first kappa shape index (κ1) is 17.1. The fourth-order valence-electron chi connectivity index (χ4n) is 2.04. The SMILES string of the molecule is O=C(CCS(=O)(=O)NCc1cccc(-c2ccccc2)c1)NO. The molecule has 2 aromatic rings. The van der Waals surface area contributed by atoms with Gasteiger partial charge in [0.2, 0.25) is 15.9 Å². The van der Waals surface area contributed by atoms with E-state index in [4.69, 9.17) is 5.21 Å². The van der Waals surface area contributed by atoms with Crippen LogP contribution in [-0.4, -0.2) is 25.3 Å². The number of nitrogens with one attached hydrogen (secondary N) is 2. The van der Waals surface area contributed by atoms with Gasteiger partial charge in [0.25, 0.3) is 0 Å².